The summed E-state index contributed by atoms with van der Waals surface area (Å²) in [5.41, 5.74) is 3.62. The molecule has 13 nitrogen and oxygen atoms in total. The Kier molecular flexibility index (Phi) is 7.91. The van der Waals surface area contributed by atoms with E-state index in [4.69, 9.17) is 11.3 Å². The fraction of sp³-hybridized carbons (Fsp3) is 0.323. The zero-order valence-electron chi connectivity index (χ0n) is 24.6. The average molecular weight is 593 g/mol. The van der Waals surface area contributed by atoms with Crippen LogP contribution in [0, 0.1) is 12.5 Å². The molecule has 2 fully saturated rings. The molecule has 0 spiro atoms. The van der Waals surface area contributed by atoms with E-state index in [0.29, 0.717) is 29.5 Å². The van der Waals surface area contributed by atoms with Gasteiger partial charge in [0, 0.05) is 48.9 Å². The highest BCUT2D eigenvalue weighted by atomic mass is 16.5. The molecule has 4 heterocycles. The van der Waals surface area contributed by atoms with Gasteiger partial charge in [-0.15, -0.1) is 15.2 Å². The van der Waals surface area contributed by atoms with Crippen molar-refractivity contribution in [3.63, 3.8) is 0 Å². The Morgan fingerprint density at radius 1 is 1.14 bits per heavy atom. The number of aromatic nitrogens is 5. The Morgan fingerprint density at radius 3 is 2.68 bits per heavy atom. The number of hydrogen-bond acceptors (Lipinski definition) is 9. The van der Waals surface area contributed by atoms with Gasteiger partial charge in [-0.05, 0) is 38.0 Å². The maximum absolute atomic E-state index is 12.6. The third kappa shape index (κ3) is 5.80. The van der Waals surface area contributed by atoms with Gasteiger partial charge in [0.2, 0.25) is 5.91 Å². The van der Waals surface area contributed by atoms with E-state index < -0.39 is 5.91 Å². The van der Waals surface area contributed by atoms with Gasteiger partial charge in [0.1, 0.15) is 11.4 Å². The van der Waals surface area contributed by atoms with Crippen LogP contribution in [-0.4, -0.2) is 68.4 Å². The van der Waals surface area contributed by atoms with Crippen molar-refractivity contribution in [2.75, 3.05) is 31.3 Å². The summed E-state index contributed by atoms with van der Waals surface area (Å²) < 4.78 is 7.83. The molecule has 1 saturated carbocycles. The van der Waals surface area contributed by atoms with Gasteiger partial charge in [-0.25, -0.2) is 0 Å². The van der Waals surface area contributed by atoms with E-state index in [9.17, 15) is 9.59 Å². The number of hydrogen-bond donors (Lipinski definition) is 3. The fourth-order valence-corrected chi connectivity index (χ4v) is 5.30. The lowest BCUT2D eigenvalue weighted by atomic mass is 9.98. The third-order valence-corrected chi connectivity index (χ3v) is 8.00. The molecule has 2 aliphatic rings. The van der Waals surface area contributed by atoms with Gasteiger partial charge in [0.25, 0.3) is 11.7 Å². The normalized spacial score (nSPS) is 17.7. The number of rotatable bonds is 10. The zero-order chi connectivity index (χ0) is 30.8. The molecule has 0 radical (unpaired) electrons. The minimum absolute atomic E-state index is 0.00461. The molecule has 2 amide bonds. The first-order chi connectivity index (χ1) is 21.4. The first-order valence-corrected chi connectivity index (χ1v) is 14.3. The Bertz CT molecular complexity index is 1760. The van der Waals surface area contributed by atoms with Crippen LogP contribution in [0.1, 0.15) is 42.0 Å². The summed E-state index contributed by atoms with van der Waals surface area (Å²) in [6.45, 7) is 10.8. The van der Waals surface area contributed by atoms with Crippen molar-refractivity contribution in [1.82, 2.24) is 35.2 Å². The van der Waals surface area contributed by atoms with Gasteiger partial charge in [-0.2, -0.15) is 5.10 Å². The standard InChI is InChI=1S/C31H32N10O3/c1-18-25(17-40(18)16-21-7-5-10-26(32-2)35-21)41-15-20(14-34-41)22-8-6-9-23(29(22)44-4)36-24-13-27(37-30(42)19-11-12-19)38-39-28(24)31(43)33-3/h5-10,13-15,18-19,25H,11-12,16-17H2,1,3-4H3,(H,33,43)(H2,36,37,38,42)/t18-,25+/m0/s1. The van der Waals surface area contributed by atoms with E-state index in [2.05, 4.69) is 52.9 Å². The monoisotopic (exact) mass is 592 g/mol. The second kappa shape index (κ2) is 12.1. The topological polar surface area (TPSA) is 144 Å². The average Bonchev–Trinajstić information content (AvgIpc) is 3.80. The molecule has 2 atom stereocenters. The van der Waals surface area contributed by atoms with Crippen LogP contribution in [0.25, 0.3) is 16.0 Å². The van der Waals surface area contributed by atoms with Crippen molar-refractivity contribution in [2.24, 2.45) is 5.92 Å². The lowest BCUT2D eigenvalue weighted by Crippen LogP contribution is -2.54. The van der Waals surface area contributed by atoms with E-state index in [0.717, 1.165) is 36.2 Å². The quantitative estimate of drug-likeness (QED) is 0.231. The number of nitrogens with zero attached hydrogens (tertiary/aromatic N) is 7. The molecule has 224 valence electrons. The molecule has 1 aromatic carbocycles. The Hall–Kier alpha value is -5.35. The Balaban J connectivity index is 1.21. The molecule has 3 N–H and O–H groups in total. The molecule has 13 heteroatoms. The second-order valence-corrected chi connectivity index (χ2v) is 10.9. The number of pyridine rings is 1. The molecule has 4 aromatic rings. The SMILES string of the molecule is [C-]#[N+]c1cccc(CN2C[C@@H](n3cc(-c4cccc(Nc5cc(NC(=O)C6CC6)nnc5C(=O)NC)c4OC)cn3)[C@@H]2C)n1. The number of carbonyl (C=O) groups is 2. The molecule has 0 bridgehead atoms. The van der Waals surface area contributed by atoms with Gasteiger partial charge in [0.05, 0.1) is 37.3 Å². The number of anilines is 3. The minimum atomic E-state index is -0.421. The third-order valence-electron chi connectivity index (χ3n) is 8.00. The molecule has 3 aromatic heterocycles. The van der Waals surface area contributed by atoms with Crippen LogP contribution in [0.4, 0.5) is 23.0 Å². The number of nitrogens with one attached hydrogen (secondary N) is 3. The predicted molar refractivity (Wildman–Crippen MR) is 164 cm³/mol. The van der Waals surface area contributed by atoms with Crippen molar-refractivity contribution in [2.45, 2.75) is 38.4 Å². The van der Waals surface area contributed by atoms with Gasteiger partial charge < -0.3 is 25.5 Å². The highest BCUT2D eigenvalue weighted by Crippen LogP contribution is 2.40. The number of amides is 2. The van der Waals surface area contributed by atoms with Crippen molar-refractivity contribution in [3.8, 4) is 16.9 Å². The lowest BCUT2D eigenvalue weighted by Gasteiger charge is -2.45. The summed E-state index contributed by atoms with van der Waals surface area (Å²) in [5.74, 6) is 0.686. The number of likely N-dealkylation sites (tertiary alicyclic amines) is 1. The number of methoxy groups -OCH3 is 1. The van der Waals surface area contributed by atoms with Gasteiger partial charge in [-0.1, -0.05) is 24.8 Å². The smallest absolute Gasteiger partial charge is 0.273 e. The van der Waals surface area contributed by atoms with Gasteiger partial charge in [0.15, 0.2) is 11.5 Å². The van der Waals surface area contributed by atoms with Crippen LogP contribution in [0.2, 0.25) is 0 Å². The second-order valence-electron chi connectivity index (χ2n) is 10.9. The summed E-state index contributed by atoms with van der Waals surface area (Å²) in [6.07, 6.45) is 5.53. The van der Waals surface area contributed by atoms with E-state index >= 15 is 0 Å². The van der Waals surface area contributed by atoms with Crippen molar-refractivity contribution in [3.05, 3.63) is 77.7 Å². The number of ether oxygens (including phenoxy) is 1. The highest BCUT2D eigenvalue weighted by Gasteiger charge is 2.38. The first-order valence-electron chi connectivity index (χ1n) is 14.3. The summed E-state index contributed by atoms with van der Waals surface area (Å²) in [5, 5.41) is 21.4. The van der Waals surface area contributed by atoms with Crippen LogP contribution in [-0.2, 0) is 11.3 Å². The molecule has 1 aliphatic carbocycles. The van der Waals surface area contributed by atoms with Crippen molar-refractivity contribution >= 4 is 34.8 Å². The van der Waals surface area contributed by atoms with Crippen LogP contribution in [0.5, 0.6) is 5.75 Å². The number of benzene rings is 1. The molecule has 0 unspecified atom stereocenters. The fourth-order valence-electron chi connectivity index (χ4n) is 5.30. The first kappa shape index (κ1) is 28.8. The van der Waals surface area contributed by atoms with Gasteiger partial charge in [-0.3, -0.25) is 19.2 Å². The summed E-state index contributed by atoms with van der Waals surface area (Å²) in [7, 11) is 3.10. The molecular formula is C31H32N10O3. The van der Waals surface area contributed by atoms with Crippen molar-refractivity contribution < 1.29 is 14.3 Å². The summed E-state index contributed by atoms with van der Waals surface area (Å²) in [4.78, 5) is 35.1. The highest BCUT2D eigenvalue weighted by molar-refractivity contribution is 6.00. The predicted octanol–water partition coefficient (Wildman–Crippen LogP) is 4.19. The van der Waals surface area contributed by atoms with E-state index in [-0.39, 0.29) is 35.4 Å². The molecule has 44 heavy (non-hydrogen) atoms. The van der Waals surface area contributed by atoms with Crippen LogP contribution >= 0.6 is 0 Å². The van der Waals surface area contributed by atoms with E-state index in [1.165, 1.54) is 7.05 Å². The maximum Gasteiger partial charge on any atom is 0.273 e. The van der Waals surface area contributed by atoms with Crippen LogP contribution in [0.3, 0.4) is 0 Å². The molecule has 6 rings (SSSR count). The van der Waals surface area contributed by atoms with E-state index in [1.54, 1.807) is 19.2 Å². The largest absolute Gasteiger partial charge is 0.494 e. The number of carbonyl (C=O) groups excluding carboxylic acids is 2. The minimum Gasteiger partial charge on any atom is -0.494 e. The van der Waals surface area contributed by atoms with Crippen LogP contribution < -0.4 is 20.7 Å². The molecule has 1 saturated heterocycles. The molecule has 1 aliphatic heterocycles. The van der Waals surface area contributed by atoms with Gasteiger partial charge >= 0.3 is 0 Å². The van der Waals surface area contributed by atoms with Crippen LogP contribution in [0.15, 0.2) is 54.9 Å². The lowest BCUT2D eigenvalue weighted by molar-refractivity contribution is -0.117. The summed E-state index contributed by atoms with van der Waals surface area (Å²) in [6, 6.07) is 13.2. The summed E-state index contributed by atoms with van der Waals surface area (Å²) >= 11 is 0. The van der Waals surface area contributed by atoms with Crippen molar-refractivity contribution in [1.29, 1.82) is 0 Å². The number of para-hydroxylation sites is 1. The maximum atomic E-state index is 12.6. The Labute approximate surface area is 254 Å². The van der Waals surface area contributed by atoms with E-state index in [1.807, 2.05) is 47.4 Å². The zero-order valence-corrected chi connectivity index (χ0v) is 24.6. The Morgan fingerprint density at radius 2 is 1.95 bits per heavy atom. The molecular weight excluding hydrogens is 560 g/mol.